The molecular formula is C17H13FN2O2S. The number of thiazole rings is 1. The number of amides is 1. The Labute approximate surface area is 136 Å². The Morgan fingerprint density at radius 1 is 1.17 bits per heavy atom. The molecule has 0 atom stereocenters. The highest BCUT2D eigenvalue weighted by Gasteiger charge is 2.10. The molecule has 0 radical (unpaired) electrons. The summed E-state index contributed by atoms with van der Waals surface area (Å²) in [7, 11) is 0. The fraction of sp³-hybridized carbons (Fsp3) is 0.0588. The van der Waals surface area contributed by atoms with Crippen LogP contribution in [0.25, 0.3) is 21.8 Å². The summed E-state index contributed by atoms with van der Waals surface area (Å²) in [5.41, 5.74) is 2.67. The van der Waals surface area contributed by atoms with Crippen molar-refractivity contribution < 1.29 is 14.3 Å². The van der Waals surface area contributed by atoms with E-state index in [1.165, 1.54) is 36.5 Å². The summed E-state index contributed by atoms with van der Waals surface area (Å²) in [4.78, 5) is 15.7. The van der Waals surface area contributed by atoms with Gasteiger partial charge in [0.25, 0.3) is 0 Å². The molecule has 3 rings (SSSR count). The average Bonchev–Trinajstić information content (AvgIpc) is 2.99. The van der Waals surface area contributed by atoms with E-state index in [4.69, 9.17) is 0 Å². The number of anilines is 1. The van der Waals surface area contributed by atoms with Gasteiger partial charge in [0.1, 0.15) is 16.6 Å². The van der Waals surface area contributed by atoms with Gasteiger partial charge in [0, 0.05) is 23.4 Å². The van der Waals surface area contributed by atoms with Crippen LogP contribution in [0.3, 0.4) is 0 Å². The van der Waals surface area contributed by atoms with Crippen molar-refractivity contribution in [3.63, 3.8) is 0 Å². The third-order valence-electron chi connectivity index (χ3n) is 3.20. The SMILES string of the molecule is CC(=O)Nc1cc(-c2csc(-c3ccc(F)cc3)n2)ccc1O. The molecule has 2 N–H and O–H groups in total. The number of hydrogen-bond donors (Lipinski definition) is 2. The molecular weight excluding hydrogens is 315 g/mol. The van der Waals surface area contributed by atoms with Gasteiger partial charge in [-0.2, -0.15) is 0 Å². The van der Waals surface area contributed by atoms with E-state index in [0.717, 1.165) is 21.8 Å². The quantitative estimate of drug-likeness (QED) is 0.705. The maximum Gasteiger partial charge on any atom is 0.221 e. The molecule has 2 aromatic carbocycles. The number of phenolic OH excluding ortho intramolecular Hbond substituents is 1. The Kier molecular flexibility index (Phi) is 4.08. The van der Waals surface area contributed by atoms with E-state index in [0.29, 0.717) is 5.69 Å². The van der Waals surface area contributed by atoms with Crippen LogP contribution in [0.1, 0.15) is 6.92 Å². The molecule has 0 bridgehead atoms. The lowest BCUT2D eigenvalue weighted by Crippen LogP contribution is -2.05. The maximum absolute atomic E-state index is 13.0. The van der Waals surface area contributed by atoms with Crippen LogP contribution in [0.2, 0.25) is 0 Å². The molecule has 0 spiro atoms. The molecule has 1 heterocycles. The van der Waals surface area contributed by atoms with Crippen LogP contribution in [-0.4, -0.2) is 16.0 Å². The van der Waals surface area contributed by atoms with Crippen molar-refractivity contribution in [3.8, 4) is 27.6 Å². The Morgan fingerprint density at radius 3 is 2.57 bits per heavy atom. The summed E-state index contributed by atoms with van der Waals surface area (Å²) in [5.74, 6) is -0.551. The minimum atomic E-state index is -0.288. The maximum atomic E-state index is 13.0. The van der Waals surface area contributed by atoms with Crippen molar-refractivity contribution in [1.29, 1.82) is 0 Å². The van der Waals surface area contributed by atoms with Crippen LogP contribution in [0, 0.1) is 5.82 Å². The largest absolute Gasteiger partial charge is 0.506 e. The zero-order valence-corrected chi connectivity index (χ0v) is 13.0. The number of nitrogens with zero attached hydrogens (tertiary/aromatic N) is 1. The second kappa shape index (κ2) is 6.18. The molecule has 0 aliphatic heterocycles. The molecule has 0 fully saturated rings. The number of halogens is 1. The molecule has 0 aliphatic carbocycles. The van der Waals surface area contributed by atoms with Crippen LogP contribution in [0.15, 0.2) is 47.8 Å². The normalized spacial score (nSPS) is 10.5. The highest BCUT2D eigenvalue weighted by Crippen LogP contribution is 2.33. The van der Waals surface area contributed by atoms with Gasteiger partial charge in [-0.1, -0.05) is 0 Å². The van der Waals surface area contributed by atoms with Gasteiger partial charge in [-0.3, -0.25) is 4.79 Å². The van der Waals surface area contributed by atoms with Gasteiger partial charge in [0.05, 0.1) is 11.4 Å². The van der Waals surface area contributed by atoms with Crippen molar-refractivity contribution in [2.45, 2.75) is 6.92 Å². The molecule has 3 aromatic rings. The number of carbonyl (C=O) groups is 1. The van der Waals surface area contributed by atoms with Crippen molar-refractivity contribution in [2.75, 3.05) is 5.32 Å². The lowest BCUT2D eigenvalue weighted by Gasteiger charge is -2.06. The van der Waals surface area contributed by atoms with E-state index in [-0.39, 0.29) is 17.5 Å². The van der Waals surface area contributed by atoms with Crippen LogP contribution in [0.5, 0.6) is 5.75 Å². The molecule has 0 aliphatic rings. The molecule has 1 aromatic heterocycles. The Morgan fingerprint density at radius 2 is 1.87 bits per heavy atom. The highest BCUT2D eigenvalue weighted by atomic mass is 32.1. The van der Waals surface area contributed by atoms with Crippen molar-refractivity contribution >= 4 is 22.9 Å². The van der Waals surface area contributed by atoms with Crippen LogP contribution >= 0.6 is 11.3 Å². The van der Waals surface area contributed by atoms with E-state index in [2.05, 4.69) is 10.3 Å². The first-order valence-corrected chi connectivity index (χ1v) is 7.73. The minimum Gasteiger partial charge on any atom is -0.506 e. The molecule has 116 valence electrons. The van der Waals surface area contributed by atoms with E-state index < -0.39 is 0 Å². The number of aromatic hydroxyl groups is 1. The highest BCUT2D eigenvalue weighted by molar-refractivity contribution is 7.13. The molecule has 0 unspecified atom stereocenters. The first-order chi connectivity index (χ1) is 11.0. The van der Waals surface area contributed by atoms with Gasteiger partial charge < -0.3 is 10.4 Å². The topological polar surface area (TPSA) is 62.2 Å². The second-order valence-electron chi connectivity index (χ2n) is 4.96. The van der Waals surface area contributed by atoms with Gasteiger partial charge in [-0.15, -0.1) is 11.3 Å². The Bertz CT molecular complexity index is 859. The zero-order chi connectivity index (χ0) is 16.4. The van der Waals surface area contributed by atoms with Crippen LogP contribution in [0.4, 0.5) is 10.1 Å². The summed E-state index contributed by atoms with van der Waals surface area (Å²) >= 11 is 1.44. The van der Waals surface area contributed by atoms with E-state index in [1.54, 1.807) is 24.3 Å². The Balaban J connectivity index is 1.94. The number of carbonyl (C=O) groups excluding carboxylic acids is 1. The summed E-state index contributed by atoms with van der Waals surface area (Å²) in [6.07, 6.45) is 0. The van der Waals surface area contributed by atoms with E-state index >= 15 is 0 Å². The standard InChI is InChI=1S/C17H13FN2O2S/c1-10(21)19-14-8-12(4-7-16(14)22)15-9-23-17(20-15)11-2-5-13(18)6-3-11/h2-9,22H,1H3,(H,19,21). The Hall–Kier alpha value is -2.73. The third kappa shape index (κ3) is 3.37. The summed E-state index contributed by atoms with van der Waals surface area (Å²) in [6, 6.07) is 11.1. The number of phenols is 1. The summed E-state index contributed by atoms with van der Waals surface area (Å²) in [6.45, 7) is 1.38. The first-order valence-electron chi connectivity index (χ1n) is 6.85. The lowest BCUT2D eigenvalue weighted by molar-refractivity contribution is -0.114. The number of nitrogens with one attached hydrogen (secondary N) is 1. The number of hydrogen-bond acceptors (Lipinski definition) is 4. The summed E-state index contributed by atoms with van der Waals surface area (Å²) < 4.78 is 13.0. The number of rotatable bonds is 3. The van der Waals surface area contributed by atoms with Gasteiger partial charge in [0.15, 0.2) is 0 Å². The van der Waals surface area contributed by atoms with Crippen molar-refractivity contribution in [1.82, 2.24) is 4.98 Å². The fourth-order valence-electron chi connectivity index (χ4n) is 2.12. The number of benzene rings is 2. The molecule has 6 heteroatoms. The van der Waals surface area contributed by atoms with Crippen molar-refractivity contribution in [3.05, 3.63) is 53.7 Å². The predicted octanol–water partition coefficient (Wildman–Crippen LogP) is 4.28. The lowest BCUT2D eigenvalue weighted by atomic mass is 10.1. The molecule has 0 saturated carbocycles. The van der Waals surface area contributed by atoms with Crippen molar-refractivity contribution in [2.24, 2.45) is 0 Å². The smallest absolute Gasteiger partial charge is 0.221 e. The number of aromatic nitrogens is 1. The monoisotopic (exact) mass is 328 g/mol. The van der Waals surface area contributed by atoms with E-state index in [9.17, 15) is 14.3 Å². The van der Waals surface area contributed by atoms with Crippen LogP contribution in [-0.2, 0) is 4.79 Å². The van der Waals surface area contributed by atoms with Gasteiger partial charge in [0.2, 0.25) is 5.91 Å². The third-order valence-corrected chi connectivity index (χ3v) is 4.09. The fourth-order valence-corrected chi connectivity index (χ4v) is 2.95. The second-order valence-corrected chi connectivity index (χ2v) is 5.82. The van der Waals surface area contributed by atoms with Crippen LogP contribution < -0.4 is 5.32 Å². The minimum absolute atomic E-state index is 0.00191. The first kappa shape index (κ1) is 15.2. The van der Waals surface area contributed by atoms with E-state index in [1.807, 2.05) is 5.38 Å². The molecule has 1 amide bonds. The summed E-state index contributed by atoms with van der Waals surface area (Å²) in [5, 5.41) is 15.0. The van der Waals surface area contributed by atoms with Gasteiger partial charge >= 0.3 is 0 Å². The average molecular weight is 328 g/mol. The van der Waals surface area contributed by atoms with Gasteiger partial charge in [-0.25, -0.2) is 9.37 Å². The molecule has 0 saturated heterocycles. The molecule has 23 heavy (non-hydrogen) atoms. The molecule has 4 nitrogen and oxygen atoms in total. The zero-order valence-electron chi connectivity index (χ0n) is 12.2. The van der Waals surface area contributed by atoms with Gasteiger partial charge in [-0.05, 0) is 42.5 Å². The predicted molar refractivity (Wildman–Crippen MR) is 88.9 cm³/mol.